The summed E-state index contributed by atoms with van der Waals surface area (Å²) in [5.41, 5.74) is 10.0. The second-order valence-electron chi connectivity index (χ2n) is 4.64. The average Bonchev–Trinajstić information content (AvgIpc) is 2.97. The summed E-state index contributed by atoms with van der Waals surface area (Å²) in [5.74, 6) is 0.521. The molecule has 4 nitrogen and oxygen atoms in total. The zero-order valence-electron chi connectivity index (χ0n) is 11.3. The van der Waals surface area contributed by atoms with E-state index in [0.717, 1.165) is 23.4 Å². The van der Waals surface area contributed by atoms with Gasteiger partial charge in [0.1, 0.15) is 5.82 Å². The first-order valence-electron chi connectivity index (χ1n) is 6.61. The summed E-state index contributed by atoms with van der Waals surface area (Å²) in [6, 6.07) is 12.2. The van der Waals surface area contributed by atoms with Gasteiger partial charge in [0, 0.05) is 17.4 Å². The van der Waals surface area contributed by atoms with Crippen LogP contribution in [0.2, 0.25) is 0 Å². The summed E-state index contributed by atoms with van der Waals surface area (Å²) in [6.45, 7) is 2.15. The molecular formula is C16H16N4. The van der Waals surface area contributed by atoms with Crippen LogP contribution in [0.25, 0.3) is 16.9 Å². The SMILES string of the molecule is CCc1cccc(-n2cncc2-c2ccc(N)nc2)c1. The molecule has 2 aromatic heterocycles. The number of hydrogen-bond donors (Lipinski definition) is 1. The maximum atomic E-state index is 5.63. The molecule has 0 radical (unpaired) electrons. The van der Waals surface area contributed by atoms with E-state index in [1.54, 1.807) is 12.3 Å². The van der Waals surface area contributed by atoms with Crippen LogP contribution < -0.4 is 5.73 Å². The van der Waals surface area contributed by atoms with Crippen LogP contribution in [-0.4, -0.2) is 14.5 Å². The molecule has 0 unspecified atom stereocenters. The van der Waals surface area contributed by atoms with Crippen molar-refractivity contribution >= 4 is 5.82 Å². The topological polar surface area (TPSA) is 56.7 Å². The second-order valence-corrected chi connectivity index (χ2v) is 4.64. The van der Waals surface area contributed by atoms with Gasteiger partial charge in [0.15, 0.2) is 0 Å². The fraction of sp³-hybridized carbons (Fsp3) is 0.125. The van der Waals surface area contributed by atoms with Gasteiger partial charge >= 0.3 is 0 Å². The van der Waals surface area contributed by atoms with Crippen LogP contribution in [0.5, 0.6) is 0 Å². The molecule has 3 rings (SSSR count). The Morgan fingerprint density at radius 2 is 2.05 bits per heavy atom. The van der Waals surface area contributed by atoms with E-state index in [0.29, 0.717) is 5.82 Å². The van der Waals surface area contributed by atoms with Crippen molar-refractivity contribution in [1.82, 2.24) is 14.5 Å². The Morgan fingerprint density at radius 3 is 2.80 bits per heavy atom. The molecule has 0 bridgehead atoms. The number of nitrogens with zero attached hydrogens (tertiary/aromatic N) is 3. The largest absolute Gasteiger partial charge is 0.384 e. The van der Waals surface area contributed by atoms with E-state index in [1.807, 2.05) is 18.6 Å². The van der Waals surface area contributed by atoms with E-state index in [4.69, 9.17) is 5.73 Å². The third-order valence-corrected chi connectivity index (χ3v) is 3.32. The van der Waals surface area contributed by atoms with Crippen LogP contribution in [0.15, 0.2) is 55.1 Å². The number of rotatable bonds is 3. The highest BCUT2D eigenvalue weighted by atomic mass is 15.1. The summed E-state index contributed by atoms with van der Waals surface area (Å²) < 4.78 is 2.06. The van der Waals surface area contributed by atoms with E-state index in [1.165, 1.54) is 5.56 Å². The highest BCUT2D eigenvalue weighted by Crippen LogP contribution is 2.23. The molecule has 0 spiro atoms. The smallest absolute Gasteiger partial charge is 0.123 e. The average molecular weight is 264 g/mol. The molecule has 0 saturated heterocycles. The van der Waals surface area contributed by atoms with Gasteiger partial charge in [0.2, 0.25) is 0 Å². The third-order valence-electron chi connectivity index (χ3n) is 3.32. The monoisotopic (exact) mass is 264 g/mol. The van der Waals surface area contributed by atoms with Crippen molar-refractivity contribution < 1.29 is 0 Å². The number of benzene rings is 1. The Kier molecular flexibility index (Phi) is 3.21. The molecule has 100 valence electrons. The molecule has 0 aliphatic heterocycles. The van der Waals surface area contributed by atoms with Gasteiger partial charge < -0.3 is 5.73 Å². The fourth-order valence-electron chi connectivity index (χ4n) is 2.20. The normalized spacial score (nSPS) is 10.7. The first-order valence-corrected chi connectivity index (χ1v) is 6.61. The van der Waals surface area contributed by atoms with E-state index < -0.39 is 0 Å². The highest BCUT2D eigenvalue weighted by Gasteiger charge is 2.07. The standard InChI is InChI=1S/C16H16N4/c1-2-12-4-3-5-14(8-12)20-11-18-10-15(20)13-6-7-16(17)19-9-13/h3-11H,2H2,1H3,(H2,17,19). The minimum Gasteiger partial charge on any atom is -0.384 e. The highest BCUT2D eigenvalue weighted by molar-refractivity contribution is 5.62. The molecule has 0 aliphatic rings. The molecule has 3 aromatic rings. The number of anilines is 1. The van der Waals surface area contributed by atoms with Crippen molar-refractivity contribution in [3.05, 3.63) is 60.7 Å². The minimum atomic E-state index is 0.521. The van der Waals surface area contributed by atoms with Crippen molar-refractivity contribution in [3.8, 4) is 16.9 Å². The second kappa shape index (κ2) is 5.17. The zero-order valence-corrected chi connectivity index (χ0v) is 11.3. The van der Waals surface area contributed by atoms with Gasteiger partial charge in [0.25, 0.3) is 0 Å². The third kappa shape index (κ3) is 2.28. The predicted molar refractivity (Wildman–Crippen MR) is 80.6 cm³/mol. The molecule has 20 heavy (non-hydrogen) atoms. The number of imidazole rings is 1. The van der Waals surface area contributed by atoms with E-state index in [-0.39, 0.29) is 0 Å². The summed E-state index contributed by atoms with van der Waals surface area (Å²) in [6.07, 6.45) is 6.44. The van der Waals surface area contributed by atoms with Gasteiger partial charge in [-0.25, -0.2) is 9.97 Å². The van der Waals surface area contributed by atoms with Gasteiger partial charge in [-0.2, -0.15) is 0 Å². The number of aromatic nitrogens is 3. The van der Waals surface area contributed by atoms with Gasteiger partial charge in [-0.1, -0.05) is 19.1 Å². The Balaban J connectivity index is 2.07. The maximum absolute atomic E-state index is 5.63. The number of nitrogens with two attached hydrogens (primary N) is 1. The van der Waals surface area contributed by atoms with Crippen molar-refractivity contribution in [2.75, 3.05) is 5.73 Å². The van der Waals surface area contributed by atoms with Crippen LogP contribution in [0.4, 0.5) is 5.82 Å². The van der Waals surface area contributed by atoms with E-state index >= 15 is 0 Å². The van der Waals surface area contributed by atoms with Crippen molar-refractivity contribution in [2.45, 2.75) is 13.3 Å². The summed E-state index contributed by atoms with van der Waals surface area (Å²) in [4.78, 5) is 8.40. The van der Waals surface area contributed by atoms with Crippen LogP contribution >= 0.6 is 0 Å². The van der Waals surface area contributed by atoms with Crippen molar-refractivity contribution in [3.63, 3.8) is 0 Å². The van der Waals surface area contributed by atoms with E-state index in [2.05, 4.69) is 45.7 Å². The molecule has 2 heterocycles. The maximum Gasteiger partial charge on any atom is 0.123 e. The van der Waals surface area contributed by atoms with Crippen molar-refractivity contribution in [1.29, 1.82) is 0 Å². The lowest BCUT2D eigenvalue weighted by atomic mass is 10.1. The lowest BCUT2D eigenvalue weighted by molar-refractivity contribution is 1.04. The van der Waals surface area contributed by atoms with Crippen LogP contribution in [0.3, 0.4) is 0 Å². The lowest BCUT2D eigenvalue weighted by Crippen LogP contribution is -1.97. The molecular weight excluding hydrogens is 248 g/mol. The first-order chi connectivity index (χ1) is 9.78. The fourth-order valence-corrected chi connectivity index (χ4v) is 2.20. The van der Waals surface area contributed by atoms with Gasteiger partial charge in [0.05, 0.1) is 18.2 Å². The first kappa shape index (κ1) is 12.4. The van der Waals surface area contributed by atoms with Gasteiger partial charge in [-0.05, 0) is 36.2 Å². The van der Waals surface area contributed by atoms with Gasteiger partial charge in [-0.15, -0.1) is 0 Å². The molecule has 0 saturated carbocycles. The number of nitrogen functional groups attached to an aromatic ring is 1. The summed E-state index contributed by atoms with van der Waals surface area (Å²) >= 11 is 0. The Hall–Kier alpha value is -2.62. The van der Waals surface area contributed by atoms with Crippen LogP contribution in [0, 0.1) is 0 Å². The Morgan fingerprint density at radius 1 is 1.15 bits per heavy atom. The molecule has 2 N–H and O–H groups in total. The quantitative estimate of drug-likeness (QED) is 0.791. The molecule has 0 amide bonds. The van der Waals surface area contributed by atoms with Crippen LogP contribution in [0.1, 0.15) is 12.5 Å². The molecule has 4 heteroatoms. The molecule has 0 aliphatic carbocycles. The molecule has 0 fully saturated rings. The lowest BCUT2D eigenvalue weighted by Gasteiger charge is -2.09. The minimum absolute atomic E-state index is 0.521. The van der Waals surface area contributed by atoms with Gasteiger partial charge in [-0.3, -0.25) is 4.57 Å². The predicted octanol–water partition coefficient (Wildman–Crippen LogP) is 3.08. The number of hydrogen-bond acceptors (Lipinski definition) is 3. The Bertz CT molecular complexity index is 713. The summed E-state index contributed by atoms with van der Waals surface area (Å²) in [7, 11) is 0. The number of aryl methyl sites for hydroxylation is 1. The van der Waals surface area contributed by atoms with E-state index in [9.17, 15) is 0 Å². The van der Waals surface area contributed by atoms with Crippen molar-refractivity contribution in [2.24, 2.45) is 0 Å². The summed E-state index contributed by atoms with van der Waals surface area (Å²) in [5, 5.41) is 0. The molecule has 1 aromatic carbocycles. The zero-order chi connectivity index (χ0) is 13.9. The Labute approximate surface area is 117 Å². The van der Waals surface area contributed by atoms with Crippen LogP contribution in [-0.2, 0) is 6.42 Å². The molecule has 0 atom stereocenters. The number of pyridine rings is 1.